The van der Waals surface area contributed by atoms with Crippen LogP contribution < -0.4 is 5.32 Å². The summed E-state index contributed by atoms with van der Waals surface area (Å²) in [5.41, 5.74) is 0.728. The number of aliphatic hydroxyl groups excluding tert-OH is 1. The summed E-state index contributed by atoms with van der Waals surface area (Å²) in [5, 5.41) is 12.2. The second kappa shape index (κ2) is 23.0. The van der Waals surface area contributed by atoms with Gasteiger partial charge in [0.1, 0.15) is 6.61 Å². The first kappa shape index (κ1) is 49.6. The average Bonchev–Trinajstić information content (AvgIpc) is 4.06. The number of esters is 1. The quantitative estimate of drug-likeness (QED) is 0.184. The lowest BCUT2D eigenvalue weighted by Gasteiger charge is -2.52. The Labute approximate surface area is 374 Å². The molecule has 17 heteroatoms. The maximum Gasteiger partial charge on any atom is 0.409 e. The van der Waals surface area contributed by atoms with Crippen molar-refractivity contribution in [2.75, 3.05) is 91.9 Å². The van der Waals surface area contributed by atoms with Crippen molar-refractivity contribution < 1.29 is 43.3 Å². The minimum atomic E-state index is -0.666. The third-order valence-electron chi connectivity index (χ3n) is 15.1. The number of piperidine rings is 2. The van der Waals surface area contributed by atoms with Gasteiger partial charge in [-0.15, -0.1) is 12.4 Å². The van der Waals surface area contributed by atoms with E-state index >= 15 is 0 Å². The van der Waals surface area contributed by atoms with Gasteiger partial charge in [0, 0.05) is 63.8 Å². The van der Waals surface area contributed by atoms with Crippen LogP contribution in [0.3, 0.4) is 0 Å². The molecule has 0 aromatic heterocycles. The van der Waals surface area contributed by atoms with Crippen LogP contribution in [-0.2, 0) is 28.6 Å². The molecule has 0 bridgehead atoms. The molecule has 0 aromatic rings. The molecule has 0 radical (unpaired) electrons. The van der Waals surface area contributed by atoms with Crippen LogP contribution in [0.2, 0.25) is 0 Å². The Morgan fingerprint density at radius 2 is 1.20 bits per heavy atom. The first-order valence-electron chi connectivity index (χ1n) is 23.1. The standard InChI is InChI=1S/C21H35N3O4.C19H33N3O2.C4H5ClO3.ClH/c1-2-28-20(27)23-11-7-21(15-23)12-17(13-21)22-9-5-16(6-10-22)18-4-3-8-24(18)19(26)14-25;1-2-24-18(23)22-11-7-19(14-22)12-16(13-19)21-9-5-15(6-10-21)17-4-3-8-20-17;1-3(6)8-2-4(5)7;/h16-18,25H,2-15H2,1H3;15-17,20H,2-14H2,1H3;2H2,1H3;1H/t17?,18-,21?;16?,17-,19?;;/m00../s1. The smallest absolute Gasteiger partial charge is 0.409 e. The maximum atomic E-state index is 12.0. The number of carbonyl (C=O) groups is 5. The van der Waals surface area contributed by atoms with Crippen molar-refractivity contribution in [2.45, 2.75) is 135 Å². The SMILES string of the molecule is CC(=O)OCC(=O)Cl.CCOC(=O)N1CCC2(CC(N3CCC([C@@H]4CCCN4)CC3)C2)C1.CCOC(=O)N1CCC2(CC(N3CCC([C@@H]4CCCN4C(=O)CO)CC3)C2)C1.Cl. The summed E-state index contributed by atoms with van der Waals surface area (Å²) in [4.78, 5) is 66.7. The Morgan fingerprint density at radius 1 is 0.689 bits per heavy atom. The van der Waals surface area contributed by atoms with Crippen LogP contribution in [0.15, 0.2) is 0 Å². The Kier molecular flexibility index (Phi) is 18.7. The van der Waals surface area contributed by atoms with Crippen molar-refractivity contribution in [1.82, 2.24) is 29.8 Å². The first-order valence-corrected chi connectivity index (χ1v) is 23.5. The molecule has 2 atom stereocenters. The summed E-state index contributed by atoms with van der Waals surface area (Å²) >= 11 is 4.81. The van der Waals surface area contributed by atoms with E-state index in [1.165, 1.54) is 84.3 Å². The molecule has 2 spiro atoms. The minimum Gasteiger partial charge on any atom is -0.456 e. The highest BCUT2D eigenvalue weighted by atomic mass is 35.5. The van der Waals surface area contributed by atoms with E-state index in [0.717, 1.165) is 95.9 Å². The fourth-order valence-electron chi connectivity index (χ4n) is 12.0. The molecule has 2 aliphatic carbocycles. The van der Waals surface area contributed by atoms with E-state index in [9.17, 15) is 29.1 Å². The lowest BCUT2D eigenvalue weighted by atomic mass is 9.64. The Morgan fingerprint density at radius 3 is 1.61 bits per heavy atom. The predicted octanol–water partition coefficient (Wildman–Crippen LogP) is 4.89. The molecule has 3 amide bonds. The zero-order valence-corrected chi connectivity index (χ0v) is 38.6. The lowest BCUT2D eigenvalue weighted by molar-refractivity contribution is -0.143. The van der Waals surface area contributed by atoms with E-state index < -0.39 is 11.2 Å². The normalized spacial score (nSPS) is 31.6. The van der Waals surface area contributed by atoms with E-state index in [0.29, 0.717) is 42.0 Å². The number of nitrogens with one attached hydrogen (secondary N) is 1. The van der Waals surface area contributed by atoms with Gasteiger partial charge in [-0.2, -0.15) is 0 Å². The molecule has 2 saturated carbocycles. The van der Waals surface area contributed by atoms with Gasteiger partial charge in [0.15, 0.2) is 6.61 Å². The fraction of sp³-hybridized carbons (Fsp3) is 0.886. The molecule has 8 rings (SSSR count). The van der Waals surface area contributed by atoms with Crippen LogP contribution in [0.5, 0.6) is 0 Å². The number of hydrogen-bond donors (Lipinski definition) is 2. The molecule has 8 fully saturated rings. The topological polar surface area (TPSA) is 162 Å². The number of carbonyl (C=O) groups excluding carboxylic acids is 5. The van der Waals surface area contributed by atoms with Crippen LogP contribution in [-0.4, -0.2) is 175 Å². The minimum absolute atomic E-state index is 0. The van der Waals surface area contributed by atoms with Crippen molar-refractivity contribution in [3.63, 3.8) is 0 Å². The summed E-state index contributed by atoms with van der Waals surface area (Å²) in [6.07, 6.45) is 17.0. The third kappa shape index (κ3) is 12.9. The van der Waals surface area contributed by atoms with Gasteiger partial charge >= 0.3 is 18.2 Å². The highest BCUT2D eigenvalue weighted by molar-refractivity contribution is 6.64. The van der Waals surface area contributed by atoms with Gasteiger partial charge in [0.2, 0.25) is 5.91 Å². The molecule has 6 heterocycles. The van der Waals surface area contributed by atoms with Crippen LogP contribution in [0, 0.1) is 22.7 Å². The van der Waals surface area contributed by atoms with Gasteiger partial charge in [0.25, 0.3) is 5.24 Å². The van der Waals surface area contributed by atoms with E-state index in [4.69, 9.17) is 21.1 Å². The lowest BCUT2D eigenvalue weighted by Crippen LogP contribution is -2.55. The summed E-state index contributed by atoms with van der Waals surface area (Å²) in [7, 11) is 0. The van der Waals surface area contributed by atoms with Gasteiger partial charge in [-0.05, 0) is 171 Å². The average molecular weight is 902 g/mol. The molecule has 6 saturated heterocycles. The fourth-order valence-corrected chi connectivity index (χ4v) is 12.0. The van der Waals surface area contributed by atoms with Crippen LogP contribution >= 0.6 is 24.0 Å². The molecule has 8 aliphatic rings. The molecular weight excluding hydrogens is 827 g/mol. The number of hydrogen-bond acceptors (Lipinski definition) is 12. The van der Waals surface area contributed by atoms with Crippen LogP contribution in [0.25, 0.3) is 0 Å². The van der Waals surface area contributed by atoms with Crippen molar-refractivity contribution in [3.8, 4) is 0 Å². The van der Waals surface area contributed by atoms with Crippen molar-refractivity contribution in [3.05, 3.63) is 0 Å². The van der Waals surface area contributed by atoms with E-state index in [1.807, 2.05) is 28.5 Å². The predicted molar refractivity (Wildman–Crippen MR) is 234 cm³/mol. The van der Waals surface area contributed by atoms with Gasteiger partial charge in [-0.3, -0.25) is 14.4 Å². The van der Waals surface area contributed by atoms with Gasteiger partial charge in [-0.1, -0.05) is 0 Å². The number of aliphatic hydroxyl groups is 1. The molecule has 2 N–H and O–H groups in total. The zero-order chi connectivity index (χ0) is 42.9. The number of amides is 3. The molecule has 348 valence electrons. The van der Waals surface area contributed by atoms with E-state index in [-0.39, 0.29) is 43.7 Å². The summed E-state index contributed by atoms with van der Waals surface area (Å²) < 4.78 is 14.5. The van der Waals surface area contributed by atoms with E-state index in [1.54, 1.807) is 0 Å². The number of likely N-dealkylation sites (tertiary alicyclic amines) is 5. The summed E-state index contributed by atoms with van der Waals surface area (Å²) in [5.74, 6) is 0.884. The second-order valence-electron chi connectivity index (χ2n) is 18.9. The largest absolute Gasteiger partial charge is 0.456 e. The second-order valence-corrected chi connectivity index (χ2v) is 19.3. The Balaban J connectivity index is 0.000000195. The Bertz CT molecular complexity index is 1450. The van der Waals surface area contributed by atoms with Gasteiger partial charge in [-0.25, -0.2) is 9.59 Å². The highest BCUT2D eigenvalue weighted by Crippen LogP contribution is 2.52. The number of halogens is 2. The molecule has 6 aliphatic heterocycles. The third-order valence-corrected chi connectivity index (χ3v) is 15.2. The molecule has 0 aromatic carbocycles. The zero-order valence-electron chi connectivity index (χ0n) is 37.0. The molecule has 15 nitrogen and oxygen atoms in total. The number of nitrogens with zero attached hydrogens (tertiary/aromatic N) is 5. The highest BCUT2D eigenvalue weighted by Gasteiger charge is 2.53. The van der Waals surface area contributed by atoms with Gasteiger partial charge in [0.05, 0.1) is 13.2 Å². The first-order chi connectivity index (χ1) is 28.9. The number of ether oxygens (including phenoxy) is 3. The van der Waals surface area contributed by atoms with Crippen LogP contribution in [0.4, 0.5) is 9.59 Å². The number of rotatable bonds is 9. The summed E-state index contributed by atoms with van der Waals surface area (Å²) in [6.45, 7) is 15.5. The van der Waals surface area contributed by atoms with E-state index in [2.05, 4.69) is 19.9 Å². The van der Waals surface area contributed by atoms with Crippen molar-refractivity contribution >= 4 is 53.3 Å². The molecule has 61 heavy (non-hydrogen) atoms. The van der Waals surface area contributed by atoms with Crippen LogP contribution in [0.1, 0.15) is 111 Å². The van der Waals surface area contributed by atoms with Gasteiger partial charge < -0.3 is 49.1 Å². The molecular formula is C44H74Cl2N6O9. The monoisotopic (exact) mass is 900 g/mol. The molecule has 0 unspecified atom stereocenters. The Hall–Kier alpha value is -2.43. The van der Waals surface area contributed by atoms with Crippen molar-refractivity contribution in [1.29, 1.82) is 0 Å². The maximum absolute atomic E-state index is 12.0. The van der Waals surface area contributed by atoms with Crippen molar-refractivity contribution in [2.24, 2.45) is 22.7 Å². The summed E-state index contributed by atoms with van der Waals surface area (Å²) in [6, 6.07) is 2.56.